The third-order valence-electron chi connectivity index (χ3n) is 0.270. The van der Waals surface area contributed by atoms with Crippen LogP contribution in [0.4, 0.5) is 0 Å². The molecule has 1 N–H and O–H groups in total. The van der Waals surface area contributed by atoms with Gasteiger partial charge in [-0.25, -0.2) is 5.10 Å². The number of hydrogen-bond donors (Lipinski definition) is 1. The third kappa shape index (κ3) is 4.06. The monoisotopic (exact) mass is 190 g/mol. The first-order chi connectivity index (χ1) is 2.50. The zero-order chi connectivity index (χ0) is 3.54. The molecule has 0 fully saturated rings. The molecule has 0 spiro atoms. The van der Waals surface area contributed by atoms with E-state index in [9.17, 15) is 0 Å². The first-order valence-electron chi connectivity index (χ1n) is 1.17. The summed E-state index contributed by atoms with van der Waals surface area (Å²) in [5.74, 6) is 0. The molecule has 0 atom stereocenters. The van der Waals surface area contributed by atoms with E-state index in [0.29, 0.717) is 0 Å². The van der Waals surface area contributed by atoms with Gasteiger partial charge >= 0.3 is 0 Å². The van der Waals surface area contributed by atoms with Crippen molar-refractivity contribution in [3.63, 3.8) is 0 Å². The maximum atomic E-state index is 3.31. The number of rotatable bonds is 0. The predicted octanol–water partition coefficient (Wildman–Crippen LogP) is -0.805. The second-order valence-electron chi connectivity index (χ2n) is 0.563. The van der Waals surface area contributed by atoms with E-state index in [-0.39, 0.29) is 36.5 Å². The van der Waals surface area contributed by atoms with Crippen molar-refractivity contribution in [2.75, 3.05) is 0 Å². The summed E-state index contributed by atoms with van der Waals surface area (Å²) in [6, 6.07) is 0. The minimum absolute atomic E-state index is 0. The Balaban J connectivity index is 0. The predicted molar refractivity (Wildman–Crippen MR) is 14.2 cm³/mol. The number of tetrazole rings is 1. The summed E-state index contributed by atoms with van der Waals surface area (Å²) in [6.45, 7) is 0. The van der Waals surface area contributed by atoms with Crippen molar-refractivity contribution in [2.24, 2.45) is 0 Å². The Hall–Kier alpha value is 0.213. The van der Waals surface area contributed by atoms with Gasteiger partial charge in [0.25, 0.3) is 0 Å². The van der Waals surface area contributed by atoms with Crippen molar-refractivity contribution < 1.29 is 36.5 Å². The summed E-state index contributed by atoms with van der Waals surface area (Å²) in [6.07, 6.45) is 1.40. The SMILES string of the molecule is [Fe].[Zn].c1nnn[nH]1. The molecule has 0 aliphatic rings. The molecule has 0 saturated heterocycles. The Labute approximate surface area is 63.7 Å². The topological polar surface area (TPSA) is 54.5 Å². The molecule has 0 aliphatic carbocycles. The van der Waals surface area contributed by atoms with Crippen LogP contribution in [0, 0.1) is 0 Å². The molecular weight excluding hydrogens is 189 g/mol. The van der Waals surface area contributed by atoms with Gasteiger partial charge in [0.1, 0.15) is 6.33 Å². The average Bonchev–Trinajstić information content (AvgIpc) is 1.76. The van der Waals surface area contributed by atoms with Crippen LogP contribution in [0.2, 0.25) is 0 Å². The molecule has 7 heavy (non-hydrogen) atoms. The fourth-order valence-electron chi connectivity index (χ4n) is 0.129. The summed E-state index contributed by atoms with van der Waals surface area (Å²) >= 11 is 0. The van der Waals surface area contributed by atoms with E-state index in [1.807, 2.05) is 0 Å². The molecule has 0 aliphatic heterocycles. The Morgan fingerprint density at radius 2 is 2.14 bits per heavy atom. The zero-order valence-electron chi connectivity index (χ0n) is 3.48. The van der Waals surface area contributed by atoms with E-state index in [1.54, 1.807) is 0 Å². The van der Waals surface area contributed by atoms with Crippen molar-refractivity contribution in [3.8, 4) is 0 Å². The molecule has 4 nitrogen and oxygen atoms in total. The summed E-state index contributed by atoms with van der Waals surface area (Å²) in [5, 5.41) is 12.1. The van der Waals surface area contributed by atoms with Crippen LogP contribution in [0.3, 0.4) is 0 Å². The van der Waals surface area contributed by atoms with Gasteiger partial charge in [0.05, 0.1) is 0 Å². The summed E-state index contributed by atoms with van der Waals surface area (Å²) in [7, 11) is 0. The normalized spacial score (nSPS) is 5.71. The molecule has 6 heteroatoms. The molecule has 1 rings (SSSR count). The Bertz CT molecular complexity index is 68.2. The fraction of sp³-hybridized carbons (Fsp3) is 0. The smallest absolute Gasteiger partial charge is 0.135 e. The van der Waals surface area contributed by atoms with Crippen molar-refractivity contribution in [2.45, 2.75) is 0 Å². The summed E-state index contributed by atoms with van der Waals surface area (Å²) < 4.78 is 0. The molecule has 0 bridgehead atoms. The fourth-order valence-corrected chi connectivity index (χ4v) is 0.129. The van der Waals surface area contributed by atoms with Gasteiger partial charge in [-0.1, -0.05) is 0 Å². The van der Waals surface area contributed by atoms with Crippen molar-refractivity contribution in [1.29, 1.82) is 0 Å². The van der Waals surface area contributed by atoms with Gasteiger partial charge < -0.3 is 0 Å². The van der Waals surface area contributed by atoms with Gasteiger partial charge in [0.2, 0.25) is 0 Å². The van der Waals surface area contributed by atoms with E-state index in [0.717, 1.165) is 0 Å². The minimum atomic E-state index is 0. The Morgan fingerprint density at radius 1 is 1.43 bits per heavy atom. The van der Waals surface area contributed by atoms with Crippen LogP contribution in [0.1, 0.15) is 0 Å². The van der Waals surface area contributed by atoms with E-state index >= 15 is 0 Å². The van der Waals surface area contributed by atoms with E-state index in [4.69, 9.17) is 0 Å². The van der Waals surface area contributed by atoms with E-state index in [1.165, 1.54) is 6.33 Å². The molecule has 0 amide bonds. The first kappa shape index (κ1) is 10.2. The number of nitrogens with zero attached hydrogens (tertiary/aromatic N) is 3. The molecule has 36 valence electrons. The van der Waals surface area contributed by atoms with Gasteiger partial charge in [0, 0.05) is 36.5 Å². The van der Waals surface area contributed by atoms with Crippen LogP contribution >= 0.6 is 0 Å². The number of hydrogen-bond acceptors (Lipinski definition) is 3. The number of aromatic nitrogens is 4. The summed E-state index contributed by atoms with van der Waals surface area (Å²) in [5.41, 5.74) is 0. The van der Waals surface area contributed by atoms with E-state index < -0.39 is 0 Å². The average molecular weight is 191 g/mol. The number of nitrogens with one attached hydrogen (secondary N) is 1. The second-order valence-corrected chi connectivity index (χ2v) is 0.563. The maximum Gasteiger partial charge on any atom is 0.135 e. The van der Waals surface area contributed by atoms with Crippen LogP contribution < -0.4 is 0 Å². The van der Waals surface area contributed by atoms with Crippen LogP contribution in [0.15, 0.2) is 6.33 Å². The van der Waals surface area contributed by atoms with Crippen LogP contribution in [-0.2, 0) is 36.5 Å². The third-order valence-corrected chi connectivity index (χ3v) is 0.270. The number of H-pyrrole nitrogens is 1. The van der Waals surface area contributed by atoms with Crippen LogP contribution in [0.25, 0.3) is 0 Å². The zero-order valence-corrected chi connectivity index (χ0v) is 7.55. The standard InChI is InChI=1S/CH2N4.Fe.Zn/c1-2-4-5-3-1;;/h1H,(H,2,3,4,5);;. The Kier molecular flexibility index (Phi) is 9.09. The first-order valence-corrected chi connectivity index (χ1v) is 1.17. The van der Waals surface area contributed by atoms with Gasteiger partial charge in [-0.3, -0.25) is 0 Å². The molecular formula is CH2FeN4Zn. The minimum Gasteiger partial charge on any atom is -0.246 e. The molecule has 1 heterocycles. The molecule has 1 aromatic heterocycles. The largest absolute Gasteiger partial charge is 0.246 e. The van der Waals surface area contributed by atoms with Crippen LogP contribution in [0.5, 0.6) is 0 Å². The summed E-state index contributed by atoms with van der Waals surface area (Å²) in [4.78, 5) is 0. The maximum absolute atomic E-state index is 3.31. The van der Waals surface area contributed by atoms with Crippen LogP contribution in [-0.4, -0.2) is 20.6 Å². The molecule has 0 unspecified atom stereocenters. The van der Waals surface area contributed by atoms with Gasteiger partial charge in [-0.05, 0) is 10.4 Å². The van der Waals surface area contributed by atoms with Crippen molar-refractivity contribution in [1.82, 2.24) is 20.6 Å². The van der Waals surface area contributed by atoms with Gasteiger partial charge in [-0.15, -0.1) is 5.10 Å². The molecule has 1 aromatic rings. The Morgan fingerprint density at radius 3 is 2.29 bits per heavy atom. The molecule has 0 saturated carbocycles. The van der Waals surface area contributed by atoms with Gasteiger partial charge in [0.15, 0.2) is 0 Å². The van der Waals surface area contributed by atoms with Crippen molar-refractivity contribution in [3.05, 3.63) is 6.33 Å². The molecule has 0 aromatic carbocycles. The van der Waals surface area contributed by atoms with Gasteiger partial charge in [-0.2, -0.15) is 0 Å². The quantitative estimate of drug-likeness (QED) is 0.546. The molecule has 0 radical (unpaired) electrons. The number of aromatic amines is 1. The van der Waals surface area contributed by atoms with E-state index in [2.05, 4.69) is 20.6 Å². The van der Waals surface area contributed by atoms with Crippen molar-refractivity contribution >= 4 is 0 Å². The second kappa shape index (κ2) is 6.21.